The first-order valence-electron chi connectivity index (χ1n) is 6.44. The number of hydrogen-bond donors (Lipinski definition) is 2. The molecule has 0 bridgehead atoms. The van der Waals surface area contributed by atoms with Crippen LogP contribution < -0.4 is 15.8 Å². The van der Waals surface area contributed by atoms with Gasteiger partial charge in [0.1, 0.15) is 5.82 Å². The van der Waals surface area contributed by atoms with Crippen LogP contribution in [0, 0.1) is 0 Å². The topological polar surface area (TPSA) is 60.2 Å². The number of anilines is 2. The summed E-state index contributed by atoms with van der Waals surface area (Å²) >= 11 is 2.03. The normalized spacial score (nSPS) is 19.2. The smallest absolute Gasteiger partial charge is 0.239 e. The summed E-state index contributed by atoms with van der Waals surface area (Å²) in [4.78, 5) is 4.41. The minimum Gasteiger partial charge on any atom is -0.473 e. The molecule has 1 atom stereocenters. The van der Waals surface area contributed by atoms with E-state index in [4.69, 9.17) is 10.5 Å². The molecular weight excluding hydrogens is 246 g/mol. The van der Waals surface area contributed by atoms with Crippen LogP contribution in [-0.4, -0.2) is 28.6 Å². The summed E-state index contributed by atoms with van der Waals surface area (Å²) in [6, 6.07) is 3.75. The molecule has 1 saturated heterocycles. The minimum absolute atomic E-state index is 0.0837. The number of nitrogen functional groups attached to an aromatic ring is 1. The number of rotatable bonds is 5. The van der Waals surface area contributed by atoms with Gasteiger partial charge < -0.3 is 15.8 Å². The minimum atomic E-state index is 0.0837. The Labute approximate surface area is 113 Å². The van der Waals surface area contributed by atoms with Gasteiger partial charge >= 0.3 is 0 Å². The molecule has 5 heteroatoms. The number of hydrogen-bond acceptors (Lipinski definition) is 5. The molecule has 4 nitrogen and oxygen atoms in total. The maximum atomic E-state index is 5.84. The molecule has 3 N–H and O–H groups in total. The van der Waals surface area contributed by atoms with Gasteiger partial charge in [0.15, 0.2) is 0 Å². The molecule has 0 amide bonds. The zero-order valence-electron chi connectivity index (χ0n) is 11.0. The van der Waals surface area contributed by atoms with Gasteiger partial charge in [-0.2, -0.15) is 16.7 Å². The number of pyridine rings is 1. The van der Waals surface area contributed by atoms with Gasteiger partial charge in [-0.05, 0) is 44.6 Å². The molecule has 1 aliphatic rings. The fraction of sp³-hybridized carbons (Fsp3) is 0.615. The van der Waals surface area contributed by atoms with E-state index in [-0.39, 0.29) is 6.10 Å². The molecule has 0 aliphatic carbocycles. The van der Waals surface area contributed by atoms with E-state index in [0.717, 1.165) is 12.4 Å². The molecular formula is C13H21N3OS. The van der Waals surface area contributed by atoms with Gasteiger partial charge in [0.25, 0.3) is 0 Å². The molecule has 1 aliphatic heterocycles. The van der Waals surface area contributed by atoms with Crippen LogP contribution in [0.1, 0.15) is 26.7 Å². The molecule has 1 unspecified atom stereocenters. The van der Waals surface area contributed by atoms with Crippen molar-refractivity contribution in [2.75, 3.05) is 23.3 Å². The van der Waals surface area contributed by atoms with Crippen LogP contribution in [0.5, 0.6) is 5.88 Å². The maximum absolute atomic E-state index is 5.84. The van der Waals surface area contributed by atoms with Crippen molar-refractivity contribution in [1.29, 1.82) is 0 Å². The summed E-state index contributed by atoms with van der Waals surface area (Å²) in [6.45, 7) is 4.90. The van der Waals surface area contributed by atoms with Crippen LogP contribution in [0.15, 0.2) is 12.1 Å². The van der Waals surface area contributed by atoms with Crippen LogP contribution >= 0.6 is 11.8 Å². The van der Waals surface area contributed by atoms with Crippen molar-refractivity contribution in [3.05, 3.63) is 12.1 Å². The van der Waals surface area contributed by atoms with E-state index in [9.17, 15) is 0 Å². The van der Waals surface area contributed by atoms with Gasteiger partial charge in [-0.3, -0.25) is 0 Å². The highest BCUT2D eigenvalue weighted by Crippen LogP contribution is 2.27. The third-order valence-corrected chi connectivity index (χ3v) is 4.17. The summed E-state index contributed by atoms with van der Waals surface area (Å²) < 4.78 is 5.58. The fourth-order valence-electron chi connectivity index (χ4n) is 1.89. The van der Waals surface area contributed by atoms with E-state index >= 15 is 0 Å². The van der Waals surface area contributed by atoms with E-state index in [1.807, 2.05) is 37.7 Å². The zero-order chi connectivity index (χ0) is 13.0. The molecule has 1 fully saturated rings. The lowest BCUT2D eigenvalue weighted by Gasteiger charge is -2.14. The second-order valence-electron chi connectivity index (χ2n) is 4.77. The number of thioether (sulfide) groups is 1. The first kappa shape index (κ1) is 13.3. The van der Waals surface area contributed by atoms with Crippen molar-refractivity contribution >= 4 is 23.3 Å². The lowest BCUT2D eigenvalue weighted by Crippen LogP contribution is -2.15. The predicted octanol–water partition coefficient (Wildman–Crippen LogP) is 2.76. The van der Waals surface area contributed by atoms with E-state index in [2.05, 4.69) is 10.3 Å². The summed E-state index contributed by atoms with van der Waals surface area (Å²) in [5, 5.41) is 4.07. The van der Waals surface area contributed by atoms with Gasteiger partial charge in [0, 0.05) is 11.8 Å². The molecule has 2 rings (SSSR count). The summed E-state index contributed by atoms with van der Waals surface area (Å²) in [7, 11) is 0. The van der Waals surface area contributed by atoms with Crippen molar-refractivity contribution in [1.82, 2.24) is 4.98 Å². The largest absolute Gasteiger partial charge is 0.473 e. The van der Waals surface area contributed by atoms with Gasteiger partial charge in [-0.25, -0.2) is 0 Å². The Bertz CT molecular complexity index is 392. The highest BCUT2D eigenvalue weighted by atomic mass is 32.2. The monoisotopic (exact) mass is 267 g/mol. The van der Waals surface area contributed by atoms with Crippen LogP contribution in [0.2, 0.25) is 0 Å². The first-order valence-corrected chi connectivity index (χ1v) is 7.48. The number of nitrogens with zero attached hydrogens (tertiary/aromatic N) is 1. The SMILES string of the molecule is CC(C)Oc1nc(NCC2CCCS2)ccc1N. The number of nitrogens with two attached hydrogens (primary N) is 1. The van der Waals surface area contributed by atoms with E-state index < -0.39 is 0 Å². The molecule has 0 spiro atoms. The molecule has 1 aromatic heterocycles. The molecule has 0 radical (unpaired) electrons. The lowest BCUT2D eigenvalue weighted by atomic mass is 10.2. The Morgan fingerprint density at radius 2 is 2.39 bits per heavy atom. The Hall–Kier alpha value is -1.10. The highest BCUT2D eigenvalue weighted by molar-refractivity contribution is 8.00. The Morgan fingerprint density at radius 1 is 1.56 bits per heavy atom. The maximum Gasteiger partial charge on any atom is 0.239 e. The quantitative estimate of drug-likeness (QED) is 0.859. The van der Waals surface area contributed by atoms with Crippen LogP contribution in [0.4, 0.5) is 11.5 Å². The van der Waals surface area contributed by atoms with Crippen LogP contribution in [-0.2, 0) is 0 Å². The number of nitrogens with one attached hydrogen (secondary N) is 1. The second kappa shape index (κ2) is 6.18. The van der Waals surface area contributed by atoms with Crippen molar-refractivity contribution in [2.24, 2.45) is 0 Å². The van der Waals surface area contributed by atoms with Gasteiger partial charge in [0.05, 0.1) is 11.8 Å². The predicted molar refractivity (Wildman–Crippen MR) is 78.4 cm³/mol. The third kappa shape index (κ3) is 3.70. The summed E-state index contributed by atoms with van der Waals surface area (Å²) in [5.74, 6) is 2.64. The van der Waals surface area contributed by atoms with E-state index in [0.29, 0.717) is 16.8 Å². The van der Waals surface area contributed by atoms with Gasteiger partial charge in [-0.15, -0.1) is 0 Å². The summed E-state index contributed by atoms with van der Waals surface area (Å²) in [6.07, 6.45) is 2.70. The average Bonchev–Trinajstić information content (AvgIpc) is 2.82. The van der Waals surface area contributed by atoms with Crippen molar-refractivity contribution < 1.29 is 4.74 Å². The first-order chi connectivity index (χ1) is 8.65. The number of aromatic nitrogens is 1. The second-order valence-corrected chi connectivity index (χ2v) is 6.18. The molecule has 100 valence electrons. The standard InChI is InChI=1S/C13H21N3OS/c1-9(2)17-13-11(14)5-6-12(16-13)15-8-10-4-3-7-18-10/h5-6,9-10H,3-4,7-8,14H2,1-2H3,(H,15,16). The molecule has 0 saturated carbocycles. The zero-order valence-corrected chi connectivity index (χ0v) is 11.8. The highest BCUT2D eigenvalue weighted by Gasteiger charge is 2.15. The summed E-state index contributed by atoms with van der Waals surface area (Å²) in [5.41, 5.74) is 6.42. The van der Waals surface area contributed by atoms with Gasteiger partial charge in [-0.1, -0.05) is 0 Å². The van der Waals surface area contributed by atoms with E-state index in [1.165, 1.54) is 18.6 Å². The van der Waals surface area contributed by atoms with Crippen molar-refractivity contribution in [2.45, 2.75) is 38.0 Å². The fourth-order valence-corrected chi connectivity index (χ4v) is 3.09. The van der Waals surface area contributed by atoms with Crippen LogP contribution in [0.25, 0.3) is 0 Å². The van der Waals surface area contributed by atoms with Crippen molar-refractivity contribution in [3.8, 4) is 5.88 Å². The van der Waals surface area contributed by atoms with Crippen molar-refractivity contribution in [3.63, 3.8) is 0 Å². The molecule has 2 heterocycles. The third-order valence-electron chi connectivity index (χ3n) is 2.77. The van der Waals surface area contributed by atoms with E-state index in [1.54, 1.807) is 0 Å². The Morgan fingerprint density at radius 3 is 3.06 bits per heavy atom. The lowest BCUT2D eigenvalue weighted by molar-refractivity contribution is 0.234. The molecule has 1 aromatic rings. The van der Waals surface area contributed by atoms with Gasteiger partial charge in [0.2, 0.25) is 5.88 Å². The Kier molecular flexibility index (Phi) is 4.58. The molecule has 0 aromatic carbocycles. The molecule has 18 heavy (non-hydrogen) atoms. The average molecular weight is 267 g/mol. The van der Waals surface area contributed by atoms with Crippen LogP contribution in [0.3, 0.4) is 0 Å². The number of ether oxygens (including phenoxy) is 1. The Balaban J connectivity index is 1.95.